The van der Waals surface area contributed by atoms with Gasteiger partial charge in [-0.3, -0.25) is 4.90 Å². The minimum absolute atomic E-state index is 0.252. The number of nitrogens with zero attached hydrogens (tertiary/aromatic N) is 6. The first-order valence-corrected chi connectivity index (χ1v) is 9.46. The standard InChI is InChI=1S/C19H30N6O/c1-5-17(19-20-21-22-25(19)13-14-26-4)23-9-11-24(12-10-23)18-8-6-7-15(2)16(18)3/h6-8,17H,5,9-14H2,1-4H3/t17-/m1/s1. The lowest BCUT2D eigenvalue weighted by Crippen LogP contribution is -2.48. The molecule has 0 N–H and O–H groups in total. The molecule has 7 heteroatoms. The molecular formula is C19H30N6O. The van der Waals surface area contributed by atoms with E-state index in [4.69, 9.17) is 4.74 Å². The summed E-state index contributed by atoms with van der Waals surface area (Å²) in [7, 11) is 1.70. The second-order valence-corrected chi connectivity index (χ2v) is 6.92. The van der Waals surface area contributed by atoms with Crippen LogP contribution in [0.25, 0.3) is 0 Å². The Kier molecular flexibility index (Phi) is 6.21. The maximum absolute atomic E-state index is 5.18. The summed E-state index contributed by atoms with van der Waals surface area (Å²) >= 11 is 0. The molecule has 0 amide bonds. The molecule has 26 heavy (non-hydrogen) atoms. The van der Waals surface area contributed by atoms with Gasteiger partial charge in [-0.2, -0.15) is 0 Å². The molecule has 0 aliphatic carbocycles. The van der Waals surface area contributed by atoms with Crippen molar-refractivity contribution in [3.63, 3.8) is 0 Å². The second-order valence-electron chi connectivity index (χ2n) is 6.92. The monoisotopic (exact) mass is 358 g/mol. The molecule has 2 aromatic rings. The highest BCUT2D eigenvalue weighted by Crippen LogP contribution is 2.27. The predicted molar refractivity (Wildman–Crippen MR) is 102 cm³/mol. The van der Waals surface area contributed by atoms with Gasteiger partial charge in [0.15, 0.2) is 5.82 Å². The van der Waals surface area contributed by atoms with Crippen molar-refractivity contribution in [2.75, 3.05) is 44.8 Å². The number of methoxy groups -OCH3 is 1. The van der Waals surface area contributed by atoms with E-state index < -0.39 is 0 Å². The van der Waals surface area contributed by atoms with E-state index in [0.717, 1.165) is 38.4 Å². The van der Waals surface area contributed by atoms with Gasteiger partial charge in [0.2, 0.25) is 0 Å². The lowest BCUT2D eigenvalue weighted by atomic mass is 10.1. The van der Waals surface area contributed by atoms with Crippen LogP contribution in [-0.4, -0.2) is 65.0 Å². The van der Waals surface area contributed by atoms with Gasteiger partial charge >= 0.3 is 0 Å². The van der Waals surface area contributed by atoms with Crippen LogP contribution < -0.4 is 4.90 Å². The summed E-state index contributed by atoms with van der Waals surface area (Å²) in [6.45, 7) is 12.0. The van der Waals surface area contributed by atoms with Crippen molar-refractivity contribution in [3.8, 4) is 0 Å². The first kappa shape index (κ1) is 18.8. The Labute approximate surface area is 155 Å². The van der Waals surface area contributed by atoms with E-state index in [0.29, 0.717) is 13.2 Å². The molecule has 0 saturated carbocycles. The molecule has 1 aliphatic heterocycles. The third kappa shape index (κ3) is 3.88. The van der Waals surface area contributed by atoms with Gasteiger partial charge in [-0.25, -0.2) is 4.68 Å². The fourth-order valence-corrected chi connectivity index (χ4v) is 3.74. The van der Waals surface area contributed by atoms with E-state index in [1.165, 1.54) is 16.8 Å². The van der Waals surface area contributed by atoms with E-state index in [-0.39, 0.29) is 6.04 Å². The van der Waals surface area contributed by atoms with Gasteiger partial charge < -0.3 is 9.64 Å². The van der Waals surface area contributed by atoms with Crippen LogP contribution in [0, 0.1) is 13.8 Å². The topological polar surface area (TPSA) is 59.3 Å². The SMILES string of the molecule is CC[C@H](c1nnnn1CCOC)N1CCN(c2cccc(C)c2C)CC1. The molecule has 0 radical (unpaired) electrons. The number of anilines is 1. The van der Waals surface area contributed by atoms with Crippen molar-refractivity contribution in [2.24, 2.45) is 0 Å². The molecule has 0 spiro atoms. The van der Waals surface area contributed by atoms with Crippen LogP contribution in [0.5, 0.6) is 0 Å². The first-order chi connectivity index (χ1) is 12.7. The number of benzene rings is 1. The van der Waals surface area contributed by atoms with Crippen molar-refractivity contribution in [1.82, 2.24) is 25.1 Å². The van der Waals surface area contributed by atoms with Crippen LogP contribution in [-0.2, 0) is 11.3 Å². The summed E-state index contributed by atoms with van der Waals surface area (Å²) in [6, 6.07) is 6.83. The molecule has 1 aromatic heterocycles. The van der Waals surface area contributed by atoms with Gasteiger partial charge in [-0.15, -0.1) is 5.10 Å². The number of aryl methyl sites for hydroxylation is 1. The normalized spacial score (nSPS) is 16.8. The molecule has 1 aromatic carbocycles. The van der Waals surface area contributed by atoms with Gasteiger partial charge in [-0.05, 0) is 47.9 Å². The third-order valence-electron chi connectivity index (χ3n) is 5.42. The van der Waals surface area contributed by atoms with E-state index in [2.05, 4.69) is 64.3 Å². The summed E-state index contributed by atoms with van der Waals surface area (Å²) in [6.07, 6.45) is 0.997. The fraction of sp³-hybridized carbons (Fsp3) is 0.632. The summed E-state index contributed by atoms with van der Waals surface area (Å²) in [5, 5.41) is 12.3. The quantitative estimate of drug-likeness (QED) is 0.756. The van der Waals surface area contributed by atoms with Gasteiger partial charge in [0.1, 0.15) is 0 Å². The van der Waals surface area contributed by atoms with E-state index in [1.807, 2.05) is 4.68 Å². The van der Waals surface area contributed by atoms with Gasteiger partial charge in [-0.1, -0.05) is 19.1 Å². The lowest BCUT2D eigenvalue weighted by molar-refractivity contribution is 0.157. The molecule has 0 unspecified atom stereocenters. The molecule has 142 valence electrons. The summed E-state index contributed by atoms with van der Waals surface area (Å²) in [5.74, 6) is 0.949. The van der Waals surface area contributed by atoms with Crippen LogP contribution in [0.1, 0.15) is 36.3 Å². The molecular weight excluding hydrogens is 328 g/mol. The van der Waals surface area contributed by atoms with Gasteiger partial charge in [0.25, 0.3) is 0 Å². The molecule has 7 nitrogen and oxygen atoms in total. The molecule has 1 aliphatic rings. The average molecular weight is 358 g/mol. The molecule has 0 bridgehead atoms. The lowest BCUT2D eigenvalue weighted by Gasteiger charge is -2.40. The minimum atomic E-state index is 0.252. The number of hydrogen-bond acceptors (Lipinski definition) is 6. The van der Waals surface area contributed by atoms with Crippen LogP contribution in [0.3, 0.4) is 0 Å². The van der Waals surface area contributed by atoms with E-state index in [9.17, 15) is 0 Å². The van der Waals surface area contributed by atoms with Crippen molar-refractivity contribution in [2.45, 2.75) is 39.8 Å². The highest BCUT2D eigenvalue weighted by Gasteiger charge is 2.28. The molecule has 1 saturated heterocycles. The third-order valence-corrected chi connectivity index (χ3v) is 5.42. The number of aromatic nitrogens is 4. The van der Waals surface area contributed by atoms with E-state index in [1.54, 1.807) is 7.11 Å². The number of piperazine rings is 1. The zero-order valence-electron chi connectivity index (χ0n) is 16.4. The van der Waals surface area contributed by atoms with Crippen molar-refractivity contribution < 1.29 is 4.74 Å². The highest BCUT2D eigenvalue weighted by atomic mass is 16.5. The van der Waals surface area contributed by atoms with Crippen LogP contribution in [0.2, 0.25) is 0 Å². The Morgan fingerprint density at radius 2 is 1.92 bits per heavy atom. The maximum atomic E-state index is 5.18. The zero-order chi connectivity index (χ0) is 18.5. The Morgan fingerprint density at radius 1 is 1.15 bits per heavy atom. The van der Waals surface area contributed by atoms with Crippen molar-refractivity contribution in [1.29, 1.82) is 0 Å². The van der Waals surface area contributed by atoms with Crippen molar-refractivity contribution >= 4 is 5.69 Å². The Morgan fingerprint density at radius 3 is 2.62 bits per heavy atom. The van der Waals surface area contributed by atoms with Gasteiger partial charge in [0.05, 0.1) is 19.2 Å². The van der Waals surface area contributed by atoms with Crippen LogP contribution >= 0.6 is 0 Å². The molecule has 3 rings (SSSR count). The smallest absolute Gasteiger partial charge is 0.168 e. The van der Waals surface area contributed by atoms with Crippen LogP contribution in [0.15, 0.2) is 18.2 Å². The Balaban J connectivity index is 1.68. The largest absolute Gasteiger partial charge is 0.383 e. The Bertz CT molecular complexity index is 708. The minimum Gasteiger partial charge on any atom is -0.383 e. The average Bonchev–Trinajstić information content (AvgIpc) is 3.12. The fourth-order valence-electron chi connectivity index (χ4n) is 3.74. The molecule has 1 fully saturated rings. The van der Waals surface area contributed by atoms with Gasteiger partial charge in [0, 0.05) is 39.0 Å². The predicted octanol–water partition coefficient (Wildman–Crippen LogP) is 2.21. The summed E-state index contributed by atoms with van der Waals surface area (Å²) in [4.78, 5) is 5.01. The summed E-state index contributed by atoms with van der Waals surface area (Å²) < 4.78 is 7.06. The number of ether oxygens (including phenoxy) is 1. The number of hydrogen-bond donors (Lipinski definition) is 0. The summed E-state index contributed by atoms with van der Waals surface area (Å²) in [5.41, 5.74) is 4.10. The Hall–Kier alpha value is -1.99. The zero-order valence-corrected chi connectivity index (χ0v) is 16.4. The molecule has 1 atom stereocenters. The first-order valence-electron chi connectivity index (χ1n) is 9.46. The maximum Gasteiger partial charge on any atom is 0.168 e. The van der Waals surface area contributed by atoms with Crippen molar-refractivity contribution in [3.05, 3.63) is 35.2 Å². The highest BCUT2D eigenvalue weighted by molar-refractivity contribution is 5.56. The molecule has 2 heterocycles. The number of tetrazole rings is 1. The van der Waals surface area contributed by atoms with E-state index >= 15 is 0 Å². The second kappa shape index (κ2) is 8.60. The van der Waals surface area contributed by atoms with Crippen LogP contribution in [0.4, 0.5) is 5.69 Å². The number of rotatable bonds is 7.